The number of cyclic esters (lactones) is 2. The molecule has 0 aromatic carbocycles. The number of esters is 2. The highest BCUT2D eigenvalue weighted by molar-refractivity contribution is 8.14. The highest BCUT2D eigenvalue weighted by Gasteiger charge is 2.31. The number of rotatable bonds is 6. The standard InChI is InChI=1S/C12H14N2O6S/c1-6-10(12(19)20-11(6)18)14-8(16)3-4-13-9(17)5-21-7(2)15/h3-5H2,1-2H3,(H,13,17)(H,14,16). The minimum Gasteiger partial charge on any atom is -0.385 e. The Morgan fingerprint density at radius 2 is 1.81 bits per heavy atom. The minimum absolute atomic E-state index is 0.0119. The Balaban J connectivity index is 2.32. The second kappa shape index (κ2) is 7.58. The smallest absolute Gasteiger partial charge is 0.363 e. The van der Waals surface area contributed by atoms with Crippen molar-refractivity contribution < 1.29 is 28.7 Å². The molecule has 8 nitrogen and oxygen atoms in total. The summed E-state index contributed by atoms with van der Waals surface area (Å²) in [7, 11) is 0. The molecule has 0 fully saturated rings. The Kier molecular flexibility index (Phi) is 6.10. The van der Waals surface area contributed by atoms with E-state index in [2.05, 4.69) is 15.4 Å². The predicted octanol–water partition coefficient (Wildman–Crippen LogP) is -0.754. The van der Waals surface area contributed by atoms with Gasteiger partial charge in [-0.05, 0) is 6.92 Å². The van der Waals surface area contributed by atoms with Crippen molar-refractivity contribution in [3.8, 4) is 0 Å². The maximum absolute atomic E-state index is 11.6. The van der Waals surface area contributed by atoms with E-state index in [1.165, 1.54) is 13.8 Å². The quantitative estimate of drug-likeness (QED) is 0.489. The van der Waals surface area contributed by atoms with E-state index in [1.54, 1.807) is 0 Å². The number of thioether (sulfide) groups is 1. The van der Waals surface area contributed by atoms with Gasteiger partial charge in [-0.15, -0.1) is 0 Å². The Morgan fingerprint density at radius 3 is 2.33 bits per heavy atom. The van der Waals surface area contributed by atoms with Gasteiger partial charge in [-0.2, -0.15) is 0 Å². The summed E-state index contributed by atoms with van der Waals surface area (Å²) in [5.41, 5.74) is -0.140. The van der Waals surface area contributed by atoms with Gasteiger partial charge in [0.1, 0.15) is 5.70 Å². The van der Waals surface area contributed by atoms with Gasteiger partial charge in [-0.25, -0.2) is 9.59 Å². The van der Waals surface area contributed by atoms with Crippen molar-refractivity contribution in [3.05, 3.63) is 11.3 Å². The zero-order valence-corrected chi connectivity index (χ0v) is 12.3. The van der Waals surface area contributed by atoms with Crippen LogP contribution in [0.4, 0.5) is 0 Å². The maximum atomic E-state index is 11.6. The third kappa shape index (κ3) is 5.38. The molecule has 21 heavy (non-hydrogen) atoms. The molecule has 1 rings (SSSR count). The van der Waals surface area contributed by atoms with Gasteiger partial charge in [0.25, 0.3) is 0 Å². The van der Waals surface area contributed by atoms with Crippen LogP contribution in [-0.4, -0.2) is 41.2 Å². The average Bonchev–Trinajstić information content (AvgIpc) is 2.63. The molecule has 2 amide bonds. The van der Waals surface area contributed by atoms with Gasteiger partial charge >= 0.3 is 11.9 Å². The lowest BCUT2D eigenvalue weighted by atomic mass is 10.2. The first kappa shape index (κ1) is 16.9. The van der Waals surface area contributed by atoms with E-state index in [-0.39, 0.29) is 41.0 Å². The summed E-state index contributed by atoms with van der Waals surface area (Å²) in [6, 6.07) is 0. The van der Waals surface area contributed by atoms with Crippen molar-refractivity contribution in [1.82, 2.24) is 10.6 Å². The van der Waals surface area contributed by atoms with E-state index in [4.69, 9.17) is 0 Å². The predicted molar refractivity (Wildman–Crippen MR) is 72.7 cm³/mol. The fourth-order valence-corrected chi connectivity index (χ4v) is 1.78. The van der Waals surface area contributed by atoms with Crippen LogP contribution in [0.5, 0.6) is 0 Å². The van der Waals surface area contributed by atoms with E-state index in [1.807, 2.05) is 0 Å². The first-order valence-electron chi connectivity index (χ1n) is 5.98. The molecule has 114 valence electrons. The van der Waals surface area contributed by atoms with Gasteiger partial charge in [-0.1, -0.05) is 11.8 Å². The summed E-state index contributed by atoms with van der Waals surface area (Å²) in [6.45, 7) is 2.77. The summed E-state index contributed by atoms with van der Waals surface area (Å²) >= 11 is 0.868. The molecule has 9 heteroatoms. The highest BCUT2D eigenvalue weighted by atomic mass is 32.2. The molecule has 1 heterocycles. The van der Waals surface area contributed by atoms with Crippen LogP contribution in [0.2, 0.25) is 0 Å². The molecule has 0 radical (unpaired) electrons. The molecule has 0 unspecified atom stereocenters. The van der Waals surface area contributed by atoms with E-state index in [0.717, 1.165) is 11.8 Å². The second-order valence-corrected chi connectivity index (χ2v) is 5.26. The summed E-state index contributed by atoms with van der Waals surface area (Å²) in [6.07, 6.45) is -0.0747. The fourth-order valence-electron chi connectivity index (χ4n) is 1.35. The monoisotopic (exact) mass is 314 g/mol. The molecule has 1 aliphatic heterocycles. The lowest BCUT2D eigenvalue weighted by molar-refractivity contribution is -0.151. The van der Waals surface area contributed by atoms with Crippen LogP contribution < -0.4 is 10.6 Å². The van der Waals surface area contributed by atoms with Gasteiger partial charge in [0.15, 0.2) is 5.12 Å². The third-order valence-corrected chi connectivity index (χ3v) is 3.23. The van der Waals surface area contributed by atoms with Crippen molar-refractivity contribution >= 4 is 40.6 Å². The largest absolute Gasteiger partial charge is 0.385 e. The lowest BCUT2D eigenvalue weighted by Gasteiger charge is -2.05. The van der Waals surface area contributed by atoms with Crippen LogP contribution in [0.3, 0.4) is 0 Å². The molecule has 1 aliphatic rings. The Morgan fingerprint density at radius 1 is 1.14 bits per heavy atom. The normalized spacial score (nSPS) is 14.0. The second-order valence-electron chi connectivity index (χ2n) is 4.11. The van der Waals surface area contributed by atoms with Gasteiger partial charge in [0, 0.05) is 19.9 Å². The van der Waals surface area contributed by atoms with Crippen LogP contribution in [-0.2, 0) is 28.7 Å². The molecule has 0 saturated heterocycles. The molecule has 0 bridgehead atoms. The molecular weight excluding hydrogens is 300 g/mol. The van der Waals surface area contributed by atoms with E-state index < -0.39 is 17.8 Å². The van der Waals surface area contributed by atoms with Gasteiger partial charge in [0.05, 0.1) is 11.3 Å². The fraction of sp³-hybridized carbons (Fsp3) is 0.417. The van der Waals surface area contributed by atoms with Crippen LogP contribution >= 0.6 is 11.8 Å². The summed E-state index contributed by atoms with van der Waals surface area (Å²) < 4.78 is 4.31. The molecule has 0 aliphatic carbocycles. The number of hydrogen-bond donors (Lipinski definition) is 2. The van der Waals surface area contributed by atoms with Crippen molar-refractivity contribution in [2.24, 2.45) is 0 Å². The van der Waals surface area contributed by atoms with Crippen molar-refractivity contribution in [3.63, 3.8) is 0 Å². The third-order valence-electron chi connectivity index (χ3n) is 2.42. The summed E-state index contributed by atoms with van der Waals surface area (Å²) in [4.78, 5) is 55.8. The van der Waals surface area contributed by atoms with Crippen molar-refractivity contribution in [2.75, 3.05) is 12.3 Å². The molecule has 0 spiro atoms. The first-order chi connectivity index (χ1) is 9.81. The molecule has 0 aromatic heterocycles. The van der Waals surface area contributed by atoms with Crippen LogP contribution in [0.25, 0.3) is 0 Å². The summed E-state index contributed by atoms with van der Waals surface area (Å²) in [5, 5.41) is 4.55. The zero-order chi connectivity index (χ0) is 16.0. The van der Waals surface area contributed by atoms with Crippen LogP contribution in [0.15, 0.2) is 11.3 Å². The Labute approximate surface area is 124 Å². The number of amides is 2. The number of ether oxygens (including phenoxy) is 1. The van der Waals surface area contributed by atoms with E-state index >= 15 is 0 Å². The number of nitrogens with one attached hydrogen (secondary N) is 2. The SMILES string of the molecule is CC(=O)SCC(=O)NCCC(=O)NC1=C(C)C(=O)OC1=O. The minimum atomic E-state index is -0.896. The Bertz CT molecular complexity index is 540. The average molecular weight is 314 g/mol. The number of carbonyl (C=O) groups is 5. The van der Waals surface area contributed by atoms with Crippen LogP contribution in [0, 0.1) is 0 Å². The van der Waals surface area contributed by atoms with Crippen molar-refractivity contribution in [1.29, 1.82) is 0 Å². The molecule has 0 aromatic rings. The topological polar surface area (TPSA) is 119 Å². The van der Waals surface area contributed by atoms with Gasteiger partial charge in [0.2, 0.25) is 11.8 Å². The first-order valence-corrected chi connectivity index (χ1v) is 6.97. The molecule has 0 saturated carbocycles. The van der Waals surface area contributed by atoms with E-state index in [9.17, 15) is 24.0 Å². The highest BCUT2D eigenvalue weighted by Crippen LogP contribution is 2.14. The number of hydrogen-bond acceptors (Lipinski definition) is 7. The summed E-state index contributed by atoms with van der Waals surface area (Å²) in [5.74, 6) is -2.59. The zero-order valence-electron chi connectivity index (χ0n) is 11.5. The van der Waals surface area contributed by atoms with Gasteiger partial charge < -0.3 is 15.4 Å². The molecule has 0 atom stereocenters. The molecule has 2 N–H and O–H groups in total. The van der Waals surface area contributed by atoms with Crippen LogP contribution in [0.1, 0.15) is 20.3 Å². The Hall–Kier alpha value is -2.16. The van der Waals surface area contributed by atoms with E-state index in [0.29, 0.717) is 0 Å². The lowest BCUT2D eigenvalue weighted by Crippen LogP contribution is -2.32. The van der Waals surface area contributed by atoms with Gasteiger partial charge in [-0.3, -0.25) is 14.4 Å². The maximum Gasteiger partial charge on any atom is 0.363 e. The molecular formula is C12H14N2O6S. The number of carbonyl (C=O) groups excluding carboxylic acids is 5. The van der Waals surface area contributed by atoms with Crippen molar-refractivity contribution in [2.45, 2.75) is 20.3 Å².